The second-order valence-electron chi connectivity index (χ2n) is 5.62. The van der Waals surface area contributed by atoms with Crippen LogP contribution in [0.3, 0.4) is 0 Å². The molecule has 1 heterocycles. The van der Waals surface area contributed by atoms with E-state index in [1.807, 2.05) is 0 Å². The van der Waals surface area contributed by atoms with Gasteiger partial charge >= 0.3 is 0 Å². The van der Waals surface area contributed by atoms with Crippen LogP contribution in [0.5, 0.6) is 0 Å². The van der Waals surface area contributed by atoms with E-state index in [-0.39, 0.29) is 25.4 Å². The van der Waals surface area contributed by atoms with E-state index in [1.165, 1.54) is 12.8 Å². The summed E-state index contributed by atoms with van der Waals surface area (Å²) in [5.74, 6) is -2.27. The third kappa shape index (κ3) is 3.62. The molecule has 2 rings (SSSR count). The van der Waals surface area contributed by atoms with Gasteiger partial charge in [0, 0.05) is 32.0 Å². The van der Waals surface area contributed by atoms with E-state index < -0.39 is 5.92 Å². The van der Waals surface area contributed by atoms with Crippen LogP contribution >= 0.6 is 0 Å². The Morgan fingerprint density at radius 1 is 1.24 bits per heavy atom. The van der Waals surface area contributed by atoms with Crippen molar-refractivity contribution in [3.05, 3.63) is 0 Å². The fourth-order valence-corrected chi connectivity index (χ4v) is 3.31. The molecule has 4 heteroatoms. The third-order valence-electron chi connectivity index (χ3n) is 4.21. The summed E-state index contributed by atoms with van der Waals surface area (Å²) >= 11 is 0. The van der Waals surface area contributed by atoms with Crippen molar-refractivity contribution in [1.29, 1.82) is 0 Å². The molecule has 0 aromatic heterocycles. The number of alkyl halides is 2. The topological polar surface area (TPSA) is 23.5 Å². The van der Waals surface area contributed by atoms with E-state index in [0.29, 0.717) is 12.5 Å². The number of aliphatic hydroxyl groups is 1. The first-order valence-corrected chi connectivity index (χ1v) is 6.83. The summed E-state index contributed by atoms with van der Waals surface area (Å²) in [7, 11) is 0. The molecule has 0 aromatic carbocycles. The van der Waals surface area contributed by atoms with Crippen LogP contribution < -0.4 is 0 Å². The van der Waals surface area contributed by atoms with Gasteiger partial charge in [-0.3, -0.25) is 0 Å². The fourth-order valence-electron chi connectivity index (χ4n) is 3.31. The molecule has 1 aliphatic carbocycles. The van der Waals surface area contributed by atoms with Crippen molar-refractivity contribution >= 4 is 0 Å². The van der Waals surface area contributed by atoms with Gasteiger partial charge in [-0.05, 0) is 38.1 Å². The maximum Gasteiger partial charge on any atom is 0.248 e. The van der Waals surface area contributed by atoms with Crippen LogP contribution in [0.2, 0.25) is 0 Å². The zero-order chi connectivity index (χ0) is 12.3. The Bertz CT molecular complexity index is 246. The molecule has 0 bridgehead atoms. The lowest BCUT2D eigenvalue weighted by atomic mass is 9.97. The van der Waals surface area contributed by atoms with E-state index in [0.717, 1.165) is 25.9 Å². The molecule has 1 saturated carbocycles. The number of piperidine rings is 1. The lowest BCUT2D eigenvalue weighted by molar-refractivity contribution is 0.00146. The summed E-state index contributed by atoms with van der Waals surface area (Å²) in [5, 5.41) is 9.03. The Morgan fingerprint density at radius 3 is 2.71 bits per heavy atom. The highest BCUT2D eigenvalue weighted by atomic mass is 19.3. The SMILES string of the molecule is OCCC1CCCCN1CC1CCC(F)(F)C1. The molecule has 0 amide bonds. The first-order valence-electron chi connectivity index (χ1n) is 6.83. The van der Waals surface area contributed by atoms with Gasteiger partial charge < -0.3 is 10.0 Å². The van der Waals surface area contributed by atoms with Gasteiger partial charge in [0.1, 0.15) is 0 Å². The van der Waals surface area contributed by atoms with E-state index in [1.54, 1.807) is 0 Å². The van der Waals surface area contributed by atoms with Gasteiger partial charge in [0.2, 0.25) is 5.92 Å². The van der Waals surface area contributed by atoms with Crippen molar-refractivity contribution in [3.63, 3.8) is 0 Å². The number of hydrogen-bond acceptors (Lipinski definition) is 2. The van der Waals surface area contributed by atoms with Crippen LogP contribution in [0.15, 0.2) is 0 Å². The van der Waals surface area contributed by atoms with E-state index in [2.05, 4.69) is 4.90 Å². The molecule has 2 nitrogen and oxygen atoms in total. The molecule has 0 radical (unpaired) electrons. The van der Waals surface area contributed by atoms with Gasteiger partial charge in [0.15, 0.2) is 0 Å². The smallest absolute Gasteiger partial charge is 0.248 e. The third-order valence-corrected chi connectivity index (χ3v) is 4.21. The zero-order valence-corrected chi connectivity index (χ0v) is 10.4. The molecule has 17 heavy (non-hydrogen) atoms. The van der Waals surface area contributed by atoms with Crippen molar-refractivity contribution in [1.82, 2.24) is 4.90 Å². The largest absolute Gasteiger partial charge is 0.396 e. The van der Waals surface area contributed by atoms with Crippen molar-refractivity contribution in [3.8, 4) is 0 Å². The second kappa shape index (κ2) is 5.61. The van der Waals surface area contributed by atoms with Gasteiger partial charge in [0.05, 0.1) is 0 Å². The van der Waals surface area contributed by atoms with Crippen molar-refractivity contribution in [2.24, 2.45) is 5.92 Å². The quantitative estimate of drug-likeness (QED) is 0.825. The minimum Gasteiger partial charge on any atom is -0.396 e. The van der Waals surface area contributed by atoms with Crippen LogP contribution in [0.4, 0.5) is 8.78 Å². The van der Waals surface area contributed by atoms with Crippen molar-refractivity contribution < 1.29 is 13.9 Å². The highest BCUT2D eigenvalue weighted by molar-refractivity contribution is 4.86. The van der Waals surface area contributed by atoms with Crippen molar-refractivity contribution in [2.45, 2.75) is 56.9 Å². The normalized spacial score (nSPS) is 34.1. The Balaban J connectivity index is 1.84. The molecule has 2 unspecified atom stereocenters. The standard InChI is InChI=1S/C13H23F2NO/c14-13(15)6-4-11(9-13)10-16-7-2-1-3-12(16)5-8-17/h11-12,17H,1-10H2. The van der Waals surface area contributed by atoms with E-state index in [9.17, 15) is 8.78 Å². The molecule has 2 aliphatic rings. The predicted molar refractivity (Wildman–Crippen MR) is 63.2 cm³/mol. The number of rotatable bonds is 4. The van der Waals surface area contributed by atoms with Crippen molar-refractivity contribution in [2.75, 3.05) is 19.7 Å². The van der Waals surface area contributed by atoms with E-state index >= 15 is 0 Å². The van der Waals surface area contributed by atoms with Gasteiger partial charge in [-0.2, -0.15) is 0 Å². The minimum atomic E-state index is -2.42. The number of likely N-dealkylation sites (tertiary alicyclic amines) is 1. The molecule has 2 fully saturated rings. The van der Waals surface area contributed by atoms with Crippen LogP contribution in [-0.2, 0) is 0 Å². The Hall–Kier alpha value is -0.220. The average molecular weight is 247 g/mol. The maximum absolute atomic E-state index is 13.1. The lowest BCUT2D eigenvalue weighted by Crippen LogP contribution is -2.42. The summed E-state index contributed by atoms with van der Waals surface area (Å²) in [5.41, 5.74) is 0. The average Bonchev–Trinajstić information content (AvgIpc) is 2.61. The Morgan fingerprint density at radius 2 is 2.06 bits per heavy atom. The van der Waals surface area contributed by atoms with Gasteiger partial charge in [-0.1, -0.05) is 6.42 Å². The van der Waals surface area contributed by atoms with Crippen LogP contribution in [0.1, 0.15) is 44.9 Å². The summed E-state index contributed by atoms with van der Waals surface area (Å²) in [6.45, 7) is 2.04. The van der Waals surface area contributed by atoms with Gasteiger partial charge in [-0.25, -0.2) is 8.78 Å². The summed E-state index contributed by atoms with van der Waals surface area (Å²) < 4.78 is 26.3. The van der Waals surface area contributed by atoms with Crippen LogP contribution in [-0.4, -0.2) is 41.7 Å². The first kappa shape index (κ1) is 13.2. The first-order chi connectivity index (χ1) is 8.11. The van der Waals surface area contributed by atoms with E-state index in [4.69, 9.17) is 5.11 Å². The van der Waals surface area contributed by atoms with Gasteiger partial charge in [-0.15, -0.1) is 0 Å². The highest BCUT2D eigenvalue weighted by Crippen LogP contribution is 2.39. The number of nitrogens with zero attached hydrogens (tertiary/aromatic N) is 1. The van der Waals surface area contributed by atoms with Crippen LogP contribution in [0.25, 0.3) is 0 Å². The molecule has 100 valence electrons. The Kier molecular flexibility index (Phi) is 4.36. The van der Waals surface area contributed by atoms with Crippen LogP contribution in [0, 0.1) is 5.92 Å². The number of hydrogen-bond donors (Lipinski definition) is 1. The summed E-state index contributed by atoms with van der Waals surface area (Å²) in [4.78, 5) is 2.34. The molecular weight excluding hydrogens is 224 g/mol. The summed E-state index contributed by atoms with van der Waals surface area (Å²) in [6.07, 6.45) is 5.08. The molecule has 2 atom stereocenters. The molecule has 1 saturated heterocycles. The Labute approximate surface area is 102 Å². The monoisotopic (exact) mass is 247 g/mol. The summed E-state index contributed by atoms with van der Waals surface area (Å²) in [6, 6.07) is 0.419. The molecule has 0 aromatic rings. The number of aliphatic hydroxyl groups excluding tert-OH is 1. The number of halogens is 2. The lowest BCUT2D eigenvalue weighted by Gasteiger charge is -2.37. The molecule has 1 aliphatic heterocycles. The van der Waals surface area contributed by atoms with Gasteiger partial charge in [0.25, 0.3) is 0 Å². The second-order valence-corrected chi connectivity index (χ2v) is 5.62. The highest BCUT2D eigenvalue weighted by Gasteiger charge is 2.40. The molecule has 0 spiro atoms. The molecule has 1 N–H and O–H groups in total. The molecular formula is C13H23F2NO. The predicted octanol–water partition coefficient (Wildman–Crippen LogP) is 2.66. The maximum atomic E-state index is 13.1. The fraction of sp³-hybridized carbons (Fsp3) is 1.00. The minimum absolute atomic E-state index is 0.0648. The zero-order valence-electron chi connectivity index (χ0n) is 10.4.